The van der Waals surface area contributed by atoms with Crippen molar-refractivity contribution in [1.29, 1.82) is 0 Å². The van der Waals surface area contributed by atoms with E-state index in [2.05, 4.69) is 49.0 Å². The molecule has 0 aromatic heterocycles. The van der Waals surface area contributed by atoms with Crippen LogP contribution in [-0.4, -0.2) is 25.3 Å². The van der Waals surface area contributed by atoms with E-state index in [0.717, 1.165) is 20.9 Å². The molecule has 0 heterocycles. The van der Waals surface area contributed by atoms with Gasteiger partial charge in [-0.05, 0) is 42.8 Å². The van der Waals surface area contributed by atoms with Crippen molar-refractivity contribution in [1.82, 2.24) is 5.43 Å². The SMILES string of the molecule is C=CCOc1ccc(Br)cc1C(=O)NN=Cc1cc(Br)ccc1OCCC. The number of halogens is 2. The molecule has 1 N–H and O–H groups in total. The fourth-order valence-corrected chi connectivity index (χ4v) is 2.88. The molecular weight excluding hydrogens is 476 g/mol. The number of rotatable bonds is 9. The highest BCUT2D eigenvalue weighted by Crippen LogP contribution is 2.24. The second-order valence-corrected chi connectivity index (χ2v) is 7.30. The molecule has 0 fully saturated rings. The van der Waals surface area contributed by atoms with Crippen LogP contribution in [0.25, 0.3) is 0 Å². The van der Waals surface area contributed by atoms with E-state index >= 15 is 0 Å². The van der Waals surface area contributed by atoms with Gasteiger partial charge >= 0.3 is 0 Å². The summed E-state index contributed by atoms with van der Waals surface area (Å²) in [6.45, 7) is 6.57. The third kappa shape index (κ3) is 6.52. The predicted octanol–water partition coefficient (Wildman–Crippen LogP) is 5.33. The number of ether oxygens (including phenoxy) is 2. The first-order valence-electron chi connectivity index (χ1n) is 8.34. The Morgan fingerprint density at radius 2 is 1.85 bits per heavy atom. The van der Waals surface area contributed by atoms with Crippen LogP contribution in [0.5, 0.6) is 11.5 Å². The summed E-state index contributed by atoms with van der Waals surface area (Å²) in [5.41, 5.74) is 3.66. The van der Waals surface area contributed by atoms with Crippen LogP contribution >= 0.6 is 31.9 Å². The molecule has 2 rings (SSSR count). The smallest absolute Gasteiger partial charge is 0.275 e. The molecule has 142 valence electrons. The maximum absolute atomic E-state index is 12.5. The fourth-order valence-electron chi connectivity index (χ4n) is 2.14. The Morgan fingerprint density at radius 3 is 2.56 bits per heavy atom. The Morgan fingerprint density at radius 1 is 1.15 bits per heavy atom. The Balaban J connectivity index is 2.15. The van der Waals surface area contributed by atoms with E-state index in [1.165, 1.54) is 0 Å². The second kappa shape index (κ2) is 10.9. The number of carbonyl (C=O) groups excluding carboxylic acids is 1. The lowest BCUT2D eigenvalue weighted by Gasteiger charge is -2.10. The van der Waals surface area contributed by atoms with Gasteiger partial charge in [0.15, 0.2) is 0 Å². The van der Waals surface area contributed by atoms with Gasteiger partial charge in [0, 0.05) is 14.5 Å². The van der Waals surface area contributed by atoms with Crippen molar-refractivity contribution in [3.05, 3.63) is 69.1 Å². The van der Waals surface area contributed by atoms with Crippen molar-refractivity contribution in [2.24, 2.45) is 5.10 Å². The highest BCUT2D eigenvalue weighted by atomic mass is 79.9. The zero-order valence-electron chi connectivity index (χ0n) is 14.9. The summed E-state index contributed by atoms with van der Waals surface area (Å²) in [4.78, 5) is 12.5. The van der Waals surface area contributed by atoms with Crippen LogP contribution in [0, 0.1) is 0 Å². The summed E-state index contributed by atoms with van der Waals surface area (Å²) >= 11 is 6.79. The Bertz CT molecular complexity index is 838. The lowest BCUT2D eigenvalue weighted by Crippen LogP contribution is -2.19. The standard InChI is InChI=1S/C20H20Br2N2O3/c1-3-9-26-18-7-5-15(21)11-14(18)13-23-24-20(25)17-12-16(22)6-8-19(17)27-10-4-2/h4-8,11-13H,2-3,9-10H2,1H3,(H,24,25). The first-order chi connectivity index (χ1) is 13.0. The summed E-state index contributed by atoms with van der Waals surface area (Å²) in [6.07, 6.45) is 4.07. The highest BCUT2D eigenvalue weighted by Gasteiger charge is 2.13. The van der Waals surface area contributed by atoms with E-state index in [0.29, 0.717) is 30.3 Å². The van der Waals surface area contributed by atoms with Gasteiger partial charge in [-0.3, -0.25) is 4.79 Å². The normalized spacial score (nSPS) is 10.6. The lowest BCUT2D eigenvalue weighted by atomic mass is 10.2. The van der Waals surface area contributed by atoms with Crippen LogP contribution in [0.15, 0.2) is 63.1 Å². The molecule has 1 amide bonds. The number of hydrogen-bond acceptors (Lipinski definition) is 4. The molecular formula is C20H20Br2N2O3. The van der Waals surface area contributed by atoms with E-state index in [9.17, 15) is 4.79 Å². The van der Waals surface area contributed by atoms with Crippen LogP contribution < -0.4 is 14.9 Å². The molecule has 0 bridgehead atoms. The minimum absolute atomic E-state index is 0.307. The Hall–Kier alpha value is -2.12. The molecule has 2 aromatic rings. The van der Waals surface area contributed by atoms with E-state index in [1.54, 1.807) is 30.5 Å². The zero-order chi connectivity index (χ0) is 19.6. The van der Waals surface area contributed by atoms with Gasteiger partial charge in [-0.15, -0.1) is 0 Å². The molecule has 0 saturated carbocycles. The molecule has 0 spiro atoms. The maximum Gasteiger partial charge on any atom is 0.275 e. The number of nitrogens with zero attached hydrogens (tertiary/aromatic N) is 1. The number of benzene rings is 2. The minimum atomic E-state index is -0.377. The Kier molecular flexibility index (Phi) is 8.54. The molecule has 0 unspecified atom stereocenters. The number of nitrogens with one attached hydrogen (secondary N) is 1. The average Bonchev–Trinajstić information content (AvgIpc) is 2.66. The molecule has 0 radical (unpaired) electrons. The fraction of sp³-hybridized carbons (Fsp3) is 0.200. The molecule has 5 nitrogen and oxygen atoms in total. The van der Waals surface area contributed by atoms with Crippen LogP contribution in [0.3, 0.4) is 0 Å². The van der Waals surface area contributed by atoms with Crippen molar-refractivity contribution in [2.45, 2.75) is 13.3 Å². The van der Waals surface area contributed by atoms with Crippen molar-refractivity contribution in [3.63, 3.8) is 0 Å². The predicted molar refractivity (Wildman–Crippen MR) is 115 cm³/mol. The molecule has 0 aliphatic carbocycles. The van der Waals surface area contributed by atoms with Crippen LogP contribution in [0.4, 0.5) is 0 Å². The van der Waals surface area contributed by atoms with Gasteiger partial charge in [0.2, 0.25) is 0 Å². The summed E-state index contributed by atoms with van der Waals surface area (Å²) < 4.78 is 12.9. The molecule has 0 aliphatic rings. The van der Waals surface area contributed by atoms with E-state index in [4.69, 9.17) is 9.47 Å². The van der Waals surface area contributed by atoms with Gasteiger partial charge in [-0.2, -0.15) is 5.10 Å². The number of carbonyl (C=O) groups is 1. The summed E-state index contributed by atoms with van der Waals surface area (Å²) in [6, 6.07) is 10.8. The minimum Gasteiger partial charge on any atom is -0.493 e. The van der Waals surface area contributed by atoms with Gasteiger partial charge in [0.05, 0.1) is 18.4 Å². The Labute approximate surface area is 175 Å². The zero-order valence-corrected chi connectivity index (χ0v) is 18.0. The number of hydrazone groups is 1. The third-order valence-electron chi connectivity index (χ3n) is 3.35. The second-order valence-electron chi connectivity index (χ2n) is 5.47. The quantitative estimate of drug-likeness (QED) is 0.290. The average molecular weight is 496 g/mol. The number of amides is 1. The van der Waals surface area contributed by atoms with E-state index < -0.39 is 0 Å². The third-order valence-corrected chi connectivity index (χ3v) is 4.33. The van der Waals surface area contributed by atoms with E-state index in [1.807, 2.05) is 25.1 Å². The molecule has 27 heavy (non-hydrogen) atoms. The topological polar surface area (TPSA) is 59.9 Å². The first-order valence-corrected chi connectivity index (χ1v) is 9.92. The first kappa shape index (κ1) is 21.2. The van der Waals surface area contributed by atoms with Crippen molar-refractivity contribution in [2.75, 3.05) is 13.2 Å². The van der Waals surface area contributed by atoms with Gasteiger partial charge in [0.1, 0.15) is 18.1 Å². The monoisotopic (exact) mass is 494 g/mol. The van der Waals surface area contributed by atoms with Gasteiger partial charge < -0.3 is 9.47 Å². The van der Waals surface area contributed by atoms with Gasteiger partial charge in [0.25, 0.3) is 5.91 Å². The van der Waals surface area contributed by atoms with Gasteiger partial charge in [-0.25, -0.2) is 5.43 Å². The largest absolute Gasteiger partial charge is 0.493 e. The van der Waals surface area contributed by atoms with Crippen LogP contribution in [-0.2, 0) is 0 Å². The lowest BCUT2D eigenvalue weighted by molar-refractivity contribution is 0.0951. The van der Waals surface area contributed by atoms with Crippen molar-refractivity contribution in [3.8, 4) is 11.5 Å². The molecule has 0 atom stereocenters. The number of hydrogen-bond donors (Lipinski definition) is 1. The van der Waals surface area contributed by atoms with Crippen molar-refractivity contribution < 1.29 is 14.3 Å². The molecule has 7 heteroatoms. The summed E-state index contributed by atoms with van der Waals surface area (Å²) in [5.74, 6) is 0.786. The molecule has 2 aromatic carbocycles. The van der Waals surface area contributed by atoms with Crippen molar-refractivity contribution >= 4 is 44.0 Å². The summed E-state index contributed by atoms with van der Waals surface area (Å²) in [7, 11) is 0. The van der Waals surface area contributed by atoms with E-state index in [-0.39, 0.29) is 5.91 Å². The van der Waals surface area contributed by atoms with Gasteiger partial charge in [-0.1, -0.05) is 51.4 Å². The maximum atomic E-state index is 12.5. The van der Waals surface area contributed by atoms with Crippen LogP contribution in [0.1, 0.15) is 29.3 Å². The van der Waals surface area contributed by atoms with Crippen LogP contribution in [0.2, 0.25) is 0 Å². The highest BCUT2D eigenvalue weighted by molar-refractivity contribution is 9.10. The summed E-state index contributed by atoms with van der Waals surface area (Å²) in [5, 5.41) is 4.06. The molecule has 0 saturated heterocycles. The molecule has 0 aliphatic heterocycles.